The van der Waals surface area contributed by atoms with Gasteiger partial charge in [0.05, 0.1) is 21.3 Å². The van der Waals surface area contributed by atoms with Crippen LogP contribution in [0, 0.1) is 0 Å². The standard InChI is InChI=1S/C22H18O12/c1-29-14-4-9(5-15(30-2)16(14)31-3)20(28)11-7-13-12(32-8-33-13)6-10(11)17(23)21(18(24)25)22(20,34-21)19(26)27/h4-7,28H,8H2,1-3H3,(H,24,25)(H,26,27). The molecule has 178 valence electrons. The zero-order valence-corrected chi connectivity index (χ0v) is 18.0. The summed E-state index contributed by atoms with van der Waals surface area (Å²) >= 11 is 0. The van der Waals surface area contributed by atoms with E-state index in [4.69, 9.17) is 28.4 Å². The second-order valence-corrected chi connectivity index (χ2v) is 7.78. The highest BCUT2D eigenvalue weighted by atomic mass is 16.7. The molecule has 3 atom stereocenters. The number of benzene rings is 2. The van der Waals surface area contributed by atoms with Gasteiger partial charge in [-0.25, -0.2) is 9.59 Å². The van der Waals surface area contributed by atoms with Crippen LogP contribution in [0.2, 0.25) is 0 Å². The van der Waals surface area contributed by atoms with Crippen molar-refractivity contribution in [3.8, 4) is 28.7 Å². The van der Waals surface area contributed by atoms with E-state index in [1.807, 2.05) is 0 Å². The van der Waals surface area contributed by atoms with Crippen molar-refractivity contribution in [1.82, 2.24) is 0 Å². The third-order valence-electron chi connectivity index (χ3n) is 6.42. The molecule has 2 aliphatic heterocycles. The molecule has 0 aromatic heterocycles. The van der Waals surface area contributed by atoms with E-state index in [1.165, 1.54) is 45.6 Å². The first-order valence-corrected chi connectivity index (χ1v) is 9.82. The number of aliphatic carboxylic acids is 2. The van der Waals surface area contributed by atoms with E-state index in [0.717, 1.165) is 0 Å². The quantitative estimate of drug-likeness (QED) is 0.393. The number of rotatable bonds is 6. The van der Waals surface area contributed by atoms with Gasteiger partial charge in [-0.2, -0.15) is 0 Å². The lowest BCUT2D eigenvalue weighted by Crippen LogP contribution is -2.61. The molecule has 34 heavy (non-hydrogen) atoms. The predicted octanol–water partition coefficient (Wildman–Crippen LogP) is 0.550. The Bertz CT molecular complexity index is 1260. The Morgan fingerprint density at radius 1 is 0.912 bits per heavy atom. The van der Waals surface area contributed by atoms with Crippen molar-refractivity contribution >= 4 is 17.7 Å². The van der Waals surface area contributed by atoms with Crippen LogP contribution in [0.5, 0.6) is 28.7 Å². The average molecular weight is 474 g/mol. The van der Waals surface area contributed by atoms with E-state index in [2.05, 4.69) is 0 Å². The minimum atomic E-state index is -2.91. The largest absolute Gasteiger partial charge is 0.493 e. The van der Waals surface area contributed by atoms with Gasteiger partial charge in [-0.15, -0.1) is 0 Å². The van der Waals surface area contributed by atoms with Gasteiger partial charge in [0.1, 0.15) is 0 Å². The van der Waals surface area contributed by atoms with Gasteiger partial charge in [-0.1, -0.05) is 0 Å². The lowest BCUT2D eigenvalue weighted by molar-refractivity contribution is -0.155. The lowest BCUT2D eigenvalue weighted by Gasteiger charge is -2.38. The number of ketones is 1. The number of fused-ring (bicyclic) bond motifs is 3. The Morgan fingerprint density at radius 3 is 2.00 bits per heavy atom. The van der Waals surface area contributed by atoms with Crippen molar-refractivity contribution < 1.29 is 58.1 Å². The first kappa shape index (κ1) is 21.8. The maximum absolute atomic E-state index is 13.4. The van der Waals surface area contributed by atoms with Crippen LogP contribution < -0.4 is 23.7 Å². The molecule has 1 saturated heterocycles. The summed E-state index contributed by atoms with van der Waals surface area (Å²) in [6.45, 7) is -0.181. The van der Waals surface area contributed by atoms with Crippen LogP contribution in [0.1, 0.15) is 21.5 Å². The highest BCUT2D eigenvalue weighted by Crippen LogP contribution is 2.67. The minimum absolute atomic E-state index is 0.0478. The second kappa shape index (κ2) is 6.74. The van der Waals surface area contributed by atoms with Crippen LogP contribution in [0.3, 0.4) is 0 Å². The molecule has 0 bridgehead atoms. The molecule has 2 aromatic carbocycles. The zero-order valence-electron chi connectivity index (χ0n) is 18.0. The number of epoxide rings is 1. The highest BCUT2D eigenvalue weighted by Gasteiger charge is 2.94. The maximum Gasteiger partial charge on any atom is 0.348 e. The number of carbonyl (C=O) groups is 3. The first-order valence-electron chi connectivity index (χ1n) is 9.82. The number of hydrogen-bond acceptors (Lipinski definition) is 10. The van der Waals surface area contributed by atoms with Crippen molar-refractivity contribution in [2.75, 3.05) is 28.1 Å². The molecule has 3 aliphatic rings. The van der Waals surface area contributed by atoms with E-state index in [1.54, 1.807) is 0 Å². The van der Waals surface area contributed by atoms with Crippen molar-refractivity contribution in [2.45, 2.75) is 16.8 Å². The molecule has 0 spiro atoms. The van der Waals surface area contributed by atoms with Gasteiger partial charge in [0, 0.05) is 11.1 Å². The van der Waals surface area contributed by atoms with Crippen LogP contribution in [-0.4, -0.2) is 72.4 Å². The van der Waals surface area contributed by atoms with Crippen molar-refractivity contribution in [1.29, 1.82) is 0 Å². The number of carboxylic acids is 2. The fraction of sp³-hybridized carbons (Fsp3) is 0.318. The molecular weight excluding hydrogens is 456 g/mol. The minimum Gasteiger partial charge on any atom is -0.493 e. The van der Waals surface area contributed by atoms with Crippen LogP contribution >= 0.6 is 0 Å². The fourth-order valence-electron chi connectivity index (χ4n) is 4.84. The molecule has 1 aliphatic carbocycles. The molecule has 5 rings (SSSR count). The summed E-state index contributed by atoms with van der Waals surface area (Å²) in [6.07, 6.45) is 0. The Kier molecular flexibility index (Phi) is 4.32. The Morgan fingerprint density at radius 2 is 1.50 bits per heavy atom. The zero-order chi connectivity index (χ0) is 24.6. The molecule has 12 heteroatoms. The van der Waals surface area contributed by atoms with E-state index in [-0.39, 0.29) is 52.2 Å². The fourth-order valence-corrected chi connectivity index (χ4v) is 4.84. The third kappa shape index (κ3) is 2.21. The number of carboxylic acid groups (broad SMARTS) is 2. The normalized spacial score (nSPS) is 27.9. The van der Waals surface area contributed by atoms with E-state index < -0.39 is 34.5 Å². The number of aliphatic hydroxyl groups is 1. The predicted molar refractivity (Wildman–Crippen MR) is 108 cm³/mol. The van der Waals surface area contributed by atoms with Gasteiger partial charge in [-0.3, -0.25) is 4.79 Å². The molecule has 3 unspecified atom stereocenters. The Hall–Kier alpha value is -4.03. The monoisotopic (exact) mass is 474 g/mol. The lowest BCUT2D eigenvalue weighted by atomic mass is 9.62. The summed E-state index contributed by atoms with van der Waals surface area (Å²) in [7, 11) is 3.97. The summed E-state index contributed by atoms with van der Waals surface area (Å²) < 4.78 is 31.8. The van der Waals surface area contributed by atoms with Crippen LogP contribution in [0.15, 0.2) is 24.3 Å². The van der Waals surface area contributed by atoms with Gasteiger partial charge in [0.15, 0.2) is 28.6 Å². The van der Waals surface area contributed by atoms with Crippen molar-refractivity contribution in [2.24, 2.45) is 0 Å². The maximum atomic E-state index is 13.4. The summed E-state index contributed by atoms with van der Waals surface area (Å²) in [4.78, 5) is 38.2. The number of Topliss-reactive ketones (excluding diaryl/α,β-unsaturated/α-hetero) is 1. The molecule has 1 fully saturated rings. The van der Waals surface area contributed by atoms with Gasteiger partial charge >= 0.3 is 11.9 Å². The highest BCUT2D eigenvalue weighted by molar-refractivity contribution is 6.26. The van der Waals surface area contributed by atoms with Gasteiger partial charge < -0.3 is 43.7 Å². The molecule has 2 aromatic rings. The number of hydrogen-bond donors (Lipinski definition) is 3. The summed E-state index contributed by atoms with van der Waals surface area (Å²) in [5.74, 6) is -4.38. The smallest absolute Gasteiger partial charge is 0.348 e. The van der Waals surface area contributed by atoms with E-state index >= 15 is 0 Å². The number of carbonyl (C=O) groups excluding carboxylic acids is 1. The van der Waals surface area contributed by atoms with Crippen molar-refractivity contribution in [3.05, 3.63) is 41.0 Å². The Balaban J connectivity index is 1.91. The van der Waals surface area contributed by atoms with Gasteiger partial charge in [0.2, 0.25) is 18.3 Å². The molecule has 0 radical (unpaired) electrons. The number of ether oxygens (including phenoxy) is 6. The summed E-state index contributed by atoms with van der Waals surface area (Å²) in [6, 6.07) is 4.94. The SMILES string of the molecule is COc1cc(C2(O)c3cc4c(cc3C(=O)C3(C(=O)O)OC32C(=O)O)OCO4)cc(OC)c1OC. The van der Waals surface area contributed by atoms with Crippen LogP contribution in [-0.2, 0) is 19.9 Å². The van der Waals surface area contributed by atoms with Crippen LogP contribution in [0.25, 0.3) is 0 Å². The molecule has 0 saturated carbocycles. The van der Waals surface area contributed by atoms with Gasteiger partial charge in [-0.05, 0) is 29.8 Å². The Labute approximate surface area is 191 Å². The molecule has 2 heterocycles. The molecule has 3 N–H and O–H groups in total. The molecule has 0 amide bonds. The van der Waals surface area contributed by atoms with E-state index in [9.17, 15) is 29.7 Å². The summed E-state index contributed by atoms with van der Waals surface area (Å²) in [5, 5.41) is 32.4. The number of methoxy groups -OCH3 is 3. The molecule has 12 nitrogen and oxygen atoms in total. The first-order chi connectivity index (χ1) is 16.1. The van der Waals surface area contributed by atoms with Gasteiger partial charge in [0.25, 0.3) is 11.2 Å². The second-order valence-electron chi connectivity index (χ2n) is 7.78. The van der Waals surface area contributed by atoms with Crippen molar-refractivity contribution in [3.63, 3.8) is 0 Å². The van der Waals surface area contributed by atoms with Crippen LogP contribution in [0.4, 0.5) is 0 Å². The van der Waals surface area contributed by atoms with E-state index in [0.29, 0.717) is 0 Å². The topological polar surface area (TPSA) is 171 Å². The average Bonchev–Trinajstić information content (AvgIpc) is 3.39. The summed E-state index contributed by atoms with van der Waals surface area (Å²) in [5.41, 5.74) is -9.23. The third-order valence-corrected chi connectivity index (χ3v) is 6.42. The molecular formula is C22H18O12.